The highest BCUT2D eigenvalue weighted by Gasteiger charge is 2.30. The van der Waals surface area contributed by atoms with E-state index in [0.29, 0.717) is 12.5 Å². The molecule has 0 spiro atoms. The van der Waals surface area contributed by atoms with Crippen molar-refractivity contribution in [2.24, 2.45) is 17.1 Å². The maximum atomic E-state index is 11.8. The Balaban J connectivity index is 4.20. The van der Waals surface area contributed by atoms with Gasteiger partial charge in [-0.15, -0.1) is 0 Å². The van der Waals surface area contributed by atoms with Gasteiger partial charge in [-0.25, -0.2) is 0 Å². The molecule has 0 aliphatic rings. The predicted molar refractivity (Wildman–Crippen MR) is 67.6 cm³/mol. The summed E-state index contributed by atoms with van der Waals surface area (Å²) in [7, 11) is 0. The molecule has 0 saturated carbocycles. The highest BCUT2D eigenvalue weighted by Crippen LogP contribution is 2.16. The molecule has 0 radical (unpaired) electrons. The van der Waals surface area contributed by atoms with Crippen molar-refractivity contribution in [3.63, 3.8) is 0 Å². The van der Waals surface area contributed by atoms with Gasteiger partial charge in [0.1, 0.15) is 0 Å². The molecule has 0 heterocycles. The smallest absolute Gasteiger partial charge is 0.232 e. The Bertz CT molecular complexity index is 235. The predicted octanol–water partition coefficient (Wildman–Crippen LogP) is 1.85. The highest BCUT2D eigenvalue weighted by molar-refractivity contribution is 7.80. The fraction of sp³-hybridized carbons (Fsp3) is 0.818. The Labute approximate surface area is 97.8 Å². The molecular formula is C11H22N2OS. The molecule has 0 bridgehead atoms. The standard InChI is InChI=1S/C11H22N2OS/c1-5-8(6-2)7-13-10(14)11(3,4)9(12)15/h8H,5-7H2,1-4H3,(H2,12,15)(H,13,14). The normalized spacial score (nSPS) is 11.5. The summed E-state index contributed by atoms with van der Waals surface area (Å²) in [5.74, 6) is 0.456. The summed E-state index contributed by atoms with van der Waals surface area (Å²) in [6, 6.07) is 0. The van der Waals surface area contributed by atoms with E-state index in [2.05, 4.69) is 19.2 Å². The van der Waals surface area contributed by atoms with Gasteiger partial charge in [0.25, 0.3) is 0 Å². The fourth-order valence-electron chi connectivity index (χ4n) is 1.15. The number of nitrogens with one attached hydrogen (secondary N) is 1. The van der Waals surface area contributed by atoms with Crippen LogP contribution in [-0.4, -0.2) is 17.4 Å². The molecule has 0 fully saturated rings. The van der Waals surface area contributed by atoms with Gasteiger partial charge in [0, 0.05) is 6.54 Å². The van der Waals surface area contributed by atoms with E-state index in [0.717, 1.165) is 12.8 Å². The molecular weight excluding hydrogens is 208 g/mol. The SMILES string of the molecule is CCC(CC)CNC(=O)C(C)(C)C(N)=S. The number of hydrogen-bond acceptors (Lipinski definition) is 2. The second kappa shape index (κ2) is 6.05. The van der Waals surface area contributed by atoms with E-state index in [4.69, 9.17) is 18.0 Å². The first-order valence-corrected chi connectivity index (χ1v) is 5.85. The van der Waals surface area contributed by atoms with Crippen LogP contribution in [0.4, 0.5) is 0 Å². The zero-order valence-corrected chi connectivity index (χ0v) is 10.9. The van der Waals surface area contributed by atoms with Crippen LogP contribution in [-0.2, 0) is 4.79 Å². The van der Waals surface area contributed by atoms with Gasteiger partial charge < -0.3 is 11.1 Å². The van der Waals surface area contributed by atoms with E-state index in [-0.39, 0.29) is 10.9 Å². The molecule has 1 amide bonds. The second-order valence-corrected chi connectivity index (χ2v) is 4.82. The average molecular weight is 230 g/mol. The van der Waals surface area contributed by atoms with Crippen LogP contribution in [0.1, 0.15) is 40.5 Å². The Hall–Kier alpha value is -0.640. The van der Waals surface area contributed by atoms with Gasteiger partial charge in [-0.2, -0.15) is 0 Å². The van der Waals surface area contributed by atoms with E-state index in [9.17, 15) is 4.79 Å². The molecule has 0 saturated heterocycles. The van der Waals surface area contributed by atoms with Crippen LogP contribution in [0.3, 0.4) is 0 Å². The zero-order valence-electron chi connectivity index (χ0n) is 10.1. The maximum absolute atomic E-state index is 11.8. The zero-order chi connectivity index (χ0) is 12.1. The number of hydrogen-bond donors (Lipinski definition) is 2. The minimum Gasteiger partial charge on any atom is -0.392 e. The molecule has 15 heavy (non-hydrogen) atoms. The number of rotatable bonds is 6. The minimum absolute atomic E-state index is 0.0816. The number of carbonyl (C=O) groups excluding carboxylic acids is 1. The number of nitrogens with two attached hydrogens (primary N) is 1. The van der Waals surface area contributed by atoms with E-state index in [1.165, 1.54) is 0 Å². The van der Waals surface area contributed by atoms with Crippen LogP contribution in [0.2, 0.25) is 0 Å². The van der Waals surface area contributed by atoms with Crippen molar-refractivity contribution >= 4 is 23.1 Å². The summed E-state index contributed by atoms with van der Waals surface area (Å²) in [5, 5.41) is 2.90. The first kappa shape index (κ1) is 14.4. The first-order valence-electron chi connectivity index (χ1n) is 5.44. The van der Waals surface area contributed by atoms with E-state index >= 15 is 0 Å². The van der Waals surface area contributed by atoms with Crippen LogP contribution < -0.4 is 11.1 Å². The molecule has 0 aromatic rings. The monoisotopic (exact) mass is 230 g/mol. The van der Waals surface area contributed by atoms with Gasteiger partial charge in [0.05, 0.1) is 10.4 Å². The maximum Gasteiger partial charge on any atom is 0.232 e. The Kier molecular flexibility index (Phi) is 5.80. The van der Waals surface area contributed by atoms with Crippen molar-refractivity contribution in [3.05, 3.63) is 0 Å². The third-order valence-electron chi connectivity index (χ3n) is 2.89. The highest BCUT2D eigenvalue weighted by atomic mass is 32.1. The van der Waals surface area contributed by atoms with Gasteiger partial charge in [0.2, 0.25) is 5.91 Å². The lowest BCUT2D eigenvalue weighted by molar-refractivity contribution is -0.126. The number of carbonyl (C=O) groups is 1. The van der Waals surface area contributed by atoms with Gasteiger partial charge in [-0.1, -0.05) is 38.9 Å². The Morgan fingerprint density at radius 3 is 2.20 bits per heavy atom. The molecule has 0 aliphatic heterocycles. The van der Waals surface area contributed by atoms with Gasteiger partial charge in [-0.05, 0) is 19.8 Å². The molecule has 88 valence electrons. The van der Waals surface area contributed by atoms with E-state index in [1.54, 1.807) is 13.8 Å². The fourth-order valence-corrected chi connectivity index (χ4v) is 1.24. The van der Waals surface area contributed by atoms with Crippen molar-refractivity contribution < 1.29 is 4.79 Å². The summed E-state index contributed by atoms with van der Waals surface area (Å²) in [4.78, 5) is 12.0. The molecule has 4 heteroatoms. The third-order valence-corrected chi connectivity index (χ3v) is 3.40. The van der Waals surface area contributed by atoms with E-state index < -0.39 is 5.41 Å². The lowest BCUT2D eigenvalue weighted by atomic mass is 9.92. The van der Waals surface area contributed by atoms with Crippen LogP contribution in [0.25, 0.3) is 0 Å². The summed E-state index contributed by atoms with van der Waals surface area (Å²) >= 11 is 4.86. The third kappa shape index (κ3) is 4.16. The molecule has 3 nitrogen and oxygen atoms in total. The van der Waals surface area contributed by atoms with Crippen molar-refractivity contribution in [1.82, 2.24) is 5.32 Å². The van der Waals surface area contributed by atoms with E-state index in [1.807, 2.05) is 0 Å². The van der Waals surface area contributed by atoms with Crippen molar-refractivity contribution in [1.29, 1.82) is 0 Å². The second-order valence-electron chi connectivity index (χ2n) is 4.38. The Morgan fingerprint density at radius 1 is 1.40 bits per heavy atom. The van der Waals surface area contributed by atoms with Crippen molar-refractivity contribution in [3.8, 4) is 0 Å². The van der Waals surface area contributed by atoms with Crippen LogP contribution in [0.15, 0.2) is 0 Å². The topological polar surface area (TPSA) is 55.1 Å². The quantitative estimate of drug-likeness (QED) is 0.685. The minimum atomic E-state index is -0.749. The molecule has 0 aromatic carbocycles. The van der Waals surface area contributed by atoms with Crippen molar-refractivity contribution in [2.45, 2.75) is 40.5 Å². The van der Waals surface area contributed by atoms with Crippen LogP contribution in [0, 0.1) is 11.3 Å². The molecule has 0 rings (SSSR count). The van der Waals surface area contributed by atoms with Crippen molar-refractivity contribution in [2.75, 3.05) is 6.54 Å². The summed E-state index contributed by atoms with van der Waals surface area (Å²) in [6.45, 7) is 8.45. The lowest BCUT2D eigenvalue weighted by Gasteiger charge is -2.23. The number of amides is 1. The Morgan fingerprint density at radius 2 is 1.87 bits per heavy atom. The lowest BCUT2D eigenvalue weighted by Crippen LogP contribution is -2.46. The van der Waals surface area contributed by atoms with Gasteiger partial charge >= 0.3 is 0 Å². The molecule has 0 aliphatic carbocycles. The number of thiocarbonyl (C=S) groups is 1. The summed E-state index contributed by atoms with van der Waals surface area (Å²) < 4.78 is 0. The average Bonchev–Trinajstić information content (AvgIpc) is 2.18. The van der Waals surface area contributed by atoms with Gasteiger partial charge in [0.15, 0.2) is 0 Å². The molecule has 0 unspecified atom stereocenters. The van der Waals surface area contributed by atoms with Crippen LogP contribution in [0.5, 0.6) is 0 Å². The largest absolute Gasteiger partial charge is 0.392 e. The van der Waals surface area contributed by atoms with Gasteiger partial charge in [-0.3, -0.25) is 4.79 Å². The summed E-state index contributed by atoms with van der Waals surface area (Å²) in [5.41, 5.74) is 4.76. The summed E-state index contributed by atoms with van der Waals surface area (Å²) in [6.07, 6.45) is 2.15. The first-order chi connectivity index (χ1) is 6.86. The van der Waals surface area contributed by atoms with Crippen LogP contribution >= 0.6 is 12.2 Å². The molecule has 3 N–H and O–H groups in total. The molecule has 0 atom stereocenters. The molecule has 0 aromatic heterocycles.